The molecule has 0 radical (unpaired) electrons. The maximum Gasteiger partial charge on any atom is 0.256 e. The fraction of sp³-hybridized carbons (Fsp3) is 0.333. The highest BCUT2D eigenvalue weighted by molar-refractivity contribution is 6.02. The van der Waals surface area contributed by atoms with E-state index in [0.717, 1.165) is 22.6 Å². The summed E-state index contributed by atoms with van der Waals surface area (Å²) in [6, 6.07) is 25.5. The van der Waals surface area contributed by atoms with Gasteiger partial charge in [0.05, 0.1) is 19.4 Å². The number of anilines is 1. The Kier molecular flexibility index (Phi) is 6.08. The summed E-state index contributed by atoms with van der Waals surface area (Å²) in [5, 5.41) is 0. The van der Waals surface area contributed by atoms with E-state index in [-0.39, 0.29) is 11.8 Å². The van der Waals surface area contributed by atoms with Crippen molar-refractivity contribution >= 4 is 17.5 Å². The molecule has 3 aromatic carbocycles. The van der Waals surface area contributed by atoms with Crippen molar-refractivity contribution in [1.29, 1.82) is 0 Å². The lowest BCUT2D eigenvalue weighted by Crippen LogP contribution is -2.62. The zero-order valence-electron chi connectivity index (χ0n) is 21.0. The molecular weight excluding hydrogens is 466 g/mol. The molecule has 3 aliphatic rings. The molecule has 0 bridgehead atoms. The Morgan fingerprint density at radius 3 is 2.41 bits per heavy atom. The maximum absolute atomic E-state index is 14.4. The molecule has 37 heavy (non-hydrogen) atoms. The Morgan fingerprint density at radius 2 is 1.62 bits per heavy atom. The number of hydrogen-bond acceptors (Lipinski definition) is 5. The van der Waals surface area contributed by atoms with E-state index in [9.17, 15) is 9.59 Å². The lowest BCUT2D eigenvalue weighted by atomic mass is 9.76. The minimum absolute atomic E-state index is 0.0162. The van der Waals surface area contributed by atoms with Gasteiger partial charge in [-0.05, 0) is 29.3 Å². The van der Waals surface area contributed by atoms with Crippen molar-refractivity contribution in [2.24, 2.45) is 0 Å². The van der Waals surface area contributed by atoms with Gasteiger partial charge in [-0.15, -0.1) is 0 Å². The molecule has 0 unspecified atom stereocenters. The molecule has 0 saturated carbocycles. The molecule has 0 aromatic heterocycles. The van der Waals surface area contributed by atoms with Gasteiger partial charge in [0, 0.05) is 44.7 Å². The van der Waals surface area contributed by atoms with E-state index in [1.807, 2.05) is 77.7 Å². The van der Waals surface area contributed by atoms with Crippen LogP contribution in [0.3, 0.4) is 0 Å². The predicted octanol–water partition coefficient (Wildman–Crippen LogP) is 3.55. The van der Waals surface area contributed by atoms with Crippen LogP contribution in [0.15, 0.2) is 78.9 Å². The smallest absolute Gasteiger partial charge is 0.256 e. The molecule has 2 saturated heterocycles. The second-order valence-electron chi connectivity index (χ2n) is 9.82. The Balaban J connectivity index is 1.33. The average molecular weight is 498 g/mol. The first kappa shape index (κ1) is 23.6. The number of carbonyl (C=O) groups is 2. The summed E-state index contributed by atoms with van der Waals surface area (Å²) in [5.41, 5.74) is 2.40. The standard InChI is InChI=1S/C30H31N3O4/c1-36-26-14-8-7-13-25(26)31-15-17-32(18-16-31)29(35)27-23-11-5-6-12-24(23)28(34)33-19-20-37-30(27,33)21-22-9-3-2-4-10-22/h2-14,27H,15-21H2,1H3/t27-,30-/m0/s1. The minimum Gasteiger partial charge on any atom is -0.495 e. The van der Waals surface area contributed by atoms with Crippen molar-refractivity contribution in [1.82, 2.24) is 9.80 Å². The number of benzene rings is 3. The van der Waals surface area contributed by atoms with Crippen LogP contribution in [0.5, 0.6) is 5.75 Å². The number of ether oxygens (including phenoxy) is 2. The number of hydrogen-bond donors (Lipinski definition) is 0. The Labute approximate surface area is 217 Å². The van der Waals surface area contributed by atoms with Crippen molar-refractivity contribution < 1.29 is 19.1 Å². The quantitative estimate of drug-likeness (QED) is 0.540. The molecular formula is C30H31N3O4. The molecule has 7 nitrogen and oxygen atoms in total. The summed E-state index contributed by atoms with van der Waals surface area (Å²) < 4.78 is 12.0. The topological polar surface area (TPSA) is 62.3 Å². The third-order valence-corrected chi connectivity index (χ3v) is 7.89. The van der Waals surface area contributed by atoms with Crippen molar-refractivity contribution in [2.75, 3.05) is 51.3 Å². The maximum atomic E-state index is 14.4. The third-order valence-electron chi connectivity index (χ3n) is 7.89. The van der Waals surface area contributed by atoms with Crippen molar-refractivity contribution in [2.45, 2.75) is 18.1 Å². The van der Waals surface area contributed by atoms with Gasteiger partial charge in [0.25, 0.3) is 5.91 Å². The summed E-state index contributed by atoms with van der Waals surface area (Å²) in [5.74, 6) is 0.192. The second kappa shape index (κ2) is 9.56. The number of carbonyl (C=O) groups excluding carboxylic acids is 2. The van der Waals surface area contributed by atoms with Crippen LogP contribution < -0.4 is 9.64 Å². The second-order valence-corrected chi connectivity index (χ2v) is 9.82. The van der Waals surface area contributed by atoms with E-state index in [1.165, 1.54) is 0 Å². The van der Waals surface area contributed by atoms with Crippen molar-refractivity contribution in [3.8, 4) is 5.75 Å². The van der Waals surface area contributed by atoms with Gasteiger partial charge in [-0.25, -0.2) is 0 Å². The number of para-hydroxylation sites is 2. The summed E-state index contributed by atoms with van der Waals surface area (Å²) in [6.45, 7) is 3.48. The largest absolute Gasteiger partial charge is 0.495 e. The van der Waals surface area contributed by atoms with Crippen LogP contribution in [0.1, 0.15) is 27.4 Å². The van der Waals surface area contributed by atoms with Gasteiger partial charge in [0.2, 0.25) is 5.91 Å². The fourth-order valence-electron chi connectivity index (χ4n) is 6.13. The van der Waals surface area contributed by atoms with Gasteiger partial charge in [0.15, 0.2) is 5.72 Å². The van der Waals surface area contributed by atoms with E-state index in [4.69, 9.17) is 9.47 Å². The normalized spacial score (nSPS) is 23.0. The molecule has 7 heteroatoms. The van der Waals surface area contributed by atoms with Gasteiger partial charge in [0.1, 0.15) is 11.7 Å². The average Bonchev–Trinajstić information content (AvgIpc) is 3.38. The van der Waals surface area contributed by atoms with Crippen LogP contribution in [0.4, 0.5) is 5.69 Å². The van der Waals surface area contributed by atoms with Crippen LogP contribution in [0.25, 0.3) is 0 Å². The highest BCUT2D eigenvalue weighted by atomic mass is 16.5. The summed E-state index contributed by atoms with van der Waals surface area (Å²) in [4.78, 5) is 34.0. The highest BCUT2D eigenvalue weighted by Gasteiger charge is 2.59. The molecule has 0 N–H and O–H groups in total. The van der Waals surface area contributed by atoms with Crippen molar-refractivity contribution in [3.05, 3.63) is 95.6 Å². The first-order chi connectivity index (χ1) is 18.1. The summed E-state index contributed by atoms with van der Waals surface area (Å²) in [7, 11) is 1.68. The molecule has 2 fully saturated rings. The summed E-state index contributed by atoms with van der Waals surface area (Å²) >= 11 is 0. The first-order valence-corrected chi connectivity index (χ1v) is 12.9. The number of methoxy groups -OCH3 is 1. The molecule has 3 aliphatic heterocycles. The van der Waals surface area contributed by atoms with E-state index in [1.54, 1.807) is 12.0 Å². The molecule has 2 amide bonds. The van der Waals surface area contributed by atoms with Crippen molar-refractivity contribution in [3.63, 3.8) is 0 Å². The zero-order chi connectivity index (χ0) is 25.4. The fourth-order valence-corrected chi connectivity index (χ4v) is 6.13. The van der Waals surface area contributed by atoms with Crippen LogP contribution in [0, 0.1) is 0 Å². The highest BCUT2D eigenvalue weighted by Crippen LogP contribution is 2.47. The van der Waals surface area contributed by atoms with E-state index >= 15 is 0 Å². The van der Waals surface area contributed by atoms with E-state index in [2.05, 4.69) is 11.0 Å². The molecule has 0 spiro atoms. The van der Waals surface area contributed by atoms with Crippen LogP contribution in [-0.4, -0.2) is 73.8 Å². The first-order valence-electron chi connectivity index (χ1n) is 12.9. The Hall–Kier alpha value is -3.84. The molecule has 2 atom stereocenters. The Bertz CT molecular complexity index is 1300. The molecule has 3 heterocycles. The van der Waals surface area contributed by atoms with Crippen LogP contribution in [0.2, 0.25) is 0 Å². The SMILES string of the molecule is COc1ccccc1N1CCN(C(=O)[C@@H]2c3ccccc3C(=O)N3CCO[C@@]23Cc2ccccc2)CC1. The zero-order valence-corrected chi connectivity index (χ0v) is 21.0. The molecule has 6 rings (SSSR count). The predicted molar refractivity (Wildman–Crippen MR) is 141 cm³/mol. The molecule has 0 aliphatic carbocycles. The number of rotatable bonds is 5. The van der Waals surface area contributed by atoms with Crippen LogP contribution >= 0.6 is 0 Å². The number of amides is 2. The van der Waals surface area contributed by atoms with Gasteiger partial charge in [-0.3, -0.25) is 9.59 Å². The van der Waals surface area contributed by atoms with Crippen LogP contribution in [-0.2, 0) is 16.0 Å². The van der Waals surface area contributed by atoms with Gasteiger partial charge >= 0.3 is 0 Å². The van der Waals surface area contributed by atoms with Gasteiger partial charge < -0.3 is 24.2 Å². The molecule has 190 valence electrons. The minimum atomic E-state index is -1.04. The van der Waals surface area contributed by atoms with Gasteiger partial charge in [-0.2, -0.15) is 0 Å². The van der Waals surface area contributed by atoms with Gasteiger partial charge in [-0.1, -0.05) is 60.7 Å². The number of piperazine rings is 1. The lowest BCUT2D eigenvalue weighted by molar-refractivity contribution is -0.150. The van der Waals surface area contributed by atoms with E-state index in [0.29, 0.717) is 51.3 Å². The summed E-state index contributed by atoms with van der Waals surface area (Å²) in [6.07, 6.45) is 0.464. The Morgan fingerprint density at radius 1 is 0.919 bits per heavy atom. The monoisotopic (exact) mass is 497 g/mol. The number of fused-ring (bicyclic) bond motifs is 2. The third kappa shape index (κ3) is 3.94. The van der Waals surface area contributed by atoms with E-state index < -0.39 is 11.6 Å². The lowest BCUT2D eigenvalue weighted by Gasteiger charge is -2.48. The number of nitrogens with zero attached hydrogens (tertiary/aromatic N) is 3. The molecule has 3 aromatic rings.